The van der Waals surface area contributed by atoms with Gasteiger partial charge in [0.25, 0.3) is 0 Å². The molecular weight excluding hydrogens is 280 g/mol. The maximum atomic E-state index is 11.7. The van der Waals surface area contributed by atoms with E-state index in [2.05, 4.69) is 10.3 Å². The second kappa shape index (κ2) is 6.18. The van der Waals surface area contributed by atoms with Gasteiger partial charge in [-0.05, 0) is 12.6 Å². The van der Waals surface area contributed by atoms with Crippen molar-refractivity contribution >= 4 is 29.1 Å². The van der Waals surface area contributed by atoms with Crippen LogP contribution in [-0.2, 0) is 10.3 Å². The summed E-state index contributed by atoms with van der Waals surface area (Å²) in [6, 6.07) is 9.22. The summed E-state index contributed by atoms with van der Waals surface area (Å²) >= 11 is 2.96. The number of aromatic nitrogens is 1. The number of rotatable bonds is 6. The summed E-state index contributed by atoms with van der Waals surface area (Å²) in [4.78, 5) is 15.9. The normalized spacial score (nSPS) is 13.9. The van der Waals surface area contributed by atoms with Gasteiger partial charge in [0.15, 0.2) is 5.54 Å². The highest BCUT2D eigenvalue weighted by Gasteiger charge is 2.39. The summed E-state index contributed by atoms with van der Waals surface area (Å²) in [6.07, 6.45) is 1.72. The molecule has 1 heterocycles. The van der Waals surface area contributed by atoms with E-state index in [1.165, 1.54) is 23.1 Å². The van der Waals surface area contributed by atoms with Crippen molar-refractivity contribution < 1.29 is 9.90 Å². The molecule has 0 fully saturated rings. The van der Waals surface area contributed by atoms with Crippen molar-refractivity contribution in [3.63, 3.8) is 0 Å². The predicted octanol–water partition coefficient (Wildman–Crippen LogP) is 2.43. The molecule has 0 spiro atoms. The quantitative estimate of drug-likeness (QED) is 0.801. The number of likely N-dealkylation sites (N-methyl/N-ethyl adjacent to an activating group) is 1. The SMILES string of the molecule is CNC(CSc1nccs1)(C(=O)O)c1ccccc1. The molecule has 0 aliphatic rings. The van der Waals surface area contributed by atoms with Gasteiger partial charge in [0.1, 0.15) is 4.34 Å². The number of carboxylic acid groups (broad SMARTS) is 1. The van der Waals surface area contributed by atoms with Crippen molar-refractivity contribution in [2.45, 2.75) is 9.88 Å². The van der Waals surface area contributed by atoms with Crippen LogP contribution in [-0.4, -0.2) is 28.9 Å². The lowest BCUT2D eigenvalue weighted by molar-refractivity contribution is -0.144. The first kappa shape index (κ1) is 14.0. The van der Waals surface area contributed by atoms with Crippen LogP contribution in [0.15, 0.2) is 46.2 Å². The lowest BCUT2D eigenvalue weighted by Crippen LogP contribution is -2.49. The van der Waals surface area contributed by atoms with Crippen molar-refractivity contribution in [3.05, 3.63) is 47.5 Å². The molecule has 4 nitrogen and oxygen atoms in total. The third-order valence-corrected chi connectivity index (χ3v) is 5.02. The lowest BCUT2D eigenvalue weighted by atomic mass is 9.92. The van der Waals surface area contributed by atoms with Gasteiger partial charge in [0, 0.05) is 17.3 Å². The van der Waals surface area contributed by atoms with Gasteiger partial charge in [0.2, 0.25) is 0 Å². The largest absolute Gasteiger partial charge is 0.480 e. The summed E-state index contributed by atoms with van der Waals surface area (Å²) in [5.41, 5.74) is -0.355. The molecule has 2 N–H and O–H groups in total. The number of carbonyl (C=O) groups is 1. The van der Waals surface area contributed by atoms with E-state index in [1.807, 2.05) is 35.7 Å². The number of hydrogen-bond donors (Lipinski definition) is 2. The molecule has 2 rings (SSSR count). The molecule has 0 amide bonds. The van der Waals surface area contributed by atoms with Crippen molar-refractivity contribution in [1.29, 1.82) is 0 Å². The molecule has 100 valence electrons. The van der Waals surface area contributed by atoms with Crippen molar-refractivity contribution in [2.24, 2.45) is 0 Å². The van der Waals surface area contributed by atoms with Gasteiger partial charge in [-0.2, -0.15) is 0 Å². The third-order valence-electron chi connectivity index (χ3n) is 2.88. The maximum absolute atomic E-state index is 11.7. The minimum absolute atomic E-state index is 0.385. The lowest BCUT2D eigenvalue weighted by Gasteiger charge is -2.28. The van der Waals surface area contributed by atoms with Crippen molar-refractivity contribution in [1.82, 2.24) is 10.3 Å². The number of aliphatic carboxylic acids is 1. The van der Waals surface area contributed by atoms with Gasteiger partial charge in [-0.1, -0.05) is 42.1 Å². The molecule has 0 radical (unpaired) electrons. The molecule has 0 bridgehead atoms. The Morgan fingerprint density at radius 1 is 1.47 bits per heavy atom. The van der Waals surface area contributed by atoms with E-state index in [1.54, 1.807) is 13.2 Å². The Morgan fingerprint density at radius 3 is 2.74 bits per heavy atom. The van der Waals surface area contributed by atoms with Gasteiger partial charge in [-0.15, -0.1) is 11.3 Å². The van der Waals surface area contributed by atoms with Gasteiger partial charge in [0.05, 0.1) is 0 Å². The number of hydrogen-bond acceptors (Lipinski definition) is 5. The molecule has 1 atom stereocenters. The maximum Gasteiger partial charge on any atom is 0.329 e. The summed E-state index contributed by atoms with van der Waals surface area (Å²) in [7, 11) is 1.67. The van der Waals surface area contributed by atoms with E-state index >= 15 is 0 Å². The second-order valence-electron chi connectivity index (χ2n) is 3.91. The van der Waals surface area contributed by atoms with Crippen LogP contribution in [0.5, 0.6) is 0 Å². The number of nitrogens with zero attached hydrogens (tertiary/aromatic N) is 1. The van der Waals surface area contributed by atoms with E-state index in [0.717, 1.165) is 9.90 Å². The highest BCUT2D eigenvalue weighted by molar-refractivity contribution is 8.01. The molecule has 19 heavy (non-hydrogen) atoms. The minimum Gasteiger partial charge on any atom is -0.480 e. The number of nitrogens with one attached hydrogen (secondary N) is 1. The van der Waals surface area contributed by atoms with Gasteiger partial charge < -0.3 is 10.4 Å². The first-order chi connectivity index (χ1) is 9.19. The molecule has 0 saturated heterocycles. The van der Waals surface area contributed by atoms with Gasteiger partial charge in [-0.25, -0.2) is 9.78 Å². The van der Waals surface area contributed by atoms with E-state index in [4.69, 9.17) is 0 Å². The molecule has 6 heteroatoms. The topological polar surface area (TPSA) is 62.2 Å². The minimum atomic E-state index is -1.10. The molecule has 2 aromatic rings. The molecule has 1 aromatic heterocycles. The Morgan fingerprint density at radius 2 is 2.21 bits per heavy atom. The zero-order valence-electron chi connectivity index (χ0n) is 10.4. The van der Waals surface area contributed by atoms with Crippen LogP contribution in [0, 0.1) is 0 Å². The second-order valence-corrected chi connectivity index (χ2v) is 6.03. The summed E-state index contributed by atoms with van der Waals surface area (Å²) in [5.74, 6) is -0.499. The van der Waals surface area contributed by atoms with E-state index in [-0.39, 0.29) is 0 Å². The van der Waals surface area contributed by atoms with Crippen LogP contribution in [0.4, 0.5) is 0 Å². The van der Waals surface area contributed by atoms with E-state index in [0.29, 0.717) is 5.75 Å². The van der Waals surface area contributed by atoms with Crippen LogP contribution in [0.1, 0.15) is 5.56 Å². The van der Waals surface area contributed by atoms with Crippen LogP contribution in [0.3, 0.4) is 0 Å². The zero-order valence-corrected chi connectivity index (χ0v) is 12.0. The van der Waals surface area contributed by atoms with Gasteiger partial charge in [-0.3, -0.25) is 0 Å². The van der Waals surface area contributed by atoms with Crippen LogP contribution in [0.2, 0.25) is 0 Å². The zero-order chi connectivity index (χ0) is 13.7. The highest BCUT2D eigenvalue weighted by Crippen LogP contribution is 2.30. The average molecular weight is 294 g/mol. The number of thioether (sulfide) groups is 1. The molecule has 0 aliphatic heterocycles. The Labute approximate surface area is 119 Å². The summed E-state index contributed by atoms with van der Waals surface area (Å²) in [5, 5.41) is 14.4. The molecule has 0 saturated carbocycles. The van der Waals surface area contributed by atoms with Crippen LogP contribution < -0.4 is 5.32 Å². The fraction of sp³-hybridized carbons (Fsp3) is 0.231. The number of carboxylic acids is 1. The Balaban J connectivity index is 2.27. The van der Waals surface area contributed by atoms with Gasteiger partial charge >= 0.3 is 5.97 Å². The molecule has 1 unspecified atom stereocenters. The first-order valence-corrected chi connectivity index (χ1v) is 7.55. The van der Waals surface area contributed by atoms with E-state index < -0.39 is 11.5 Å². The van der Waals surface area contributed by atoms with Crippen molar-refractivity contribution in [3.8, 4) is 0 Å². The smallest absolute Gasteiger partial charge is 0.329 e. The summed E-state index contributed by atoms with van der Waals surface area (Å²) in [6.45, 7) is 0. The van der Waals surface area contributed by atoms with E-state index in [9.17, 15) is 9.90 Å². The Bertz CT molecular complexity index is 531. The molecule has 1 aromatic carbocycles. The standard InChI is InChI=1S/C13H14N2O2S2/c1-14-13(11(16)17,10-5-3-2-4-6-10)9-19-12-15-7-8-18-12/h2-8,14H,9H2,1H3,(H,16,17). The average Bonchev–Trinajstić information content (AvgIpc) is 2.94. The number of thiazole rings is 1. The Hall–Kier alpha value is -1.37. The van der Waals surface area contributed by atoms with Crippen molar-refractivity contribution in [2.75, 3.05) is 12.8 Å². The molecule has 0 aliphatic carbocycles. The predicted molar refractivity (Wildman–Crippen MR) is 77.7 cm³/mol. The number of benzene rings is 1. The highest BCUT2D eigenvalue weighted by atomic mass is 32.2. The first-order valence-electron chi connectivity index (χ1n) is 5.69. The Kier molecular flexibility index (Phi) is 4.57. The fourth-order valence-electron chi connectivity index (χ4n) is 1.77. The van der Waals surface area contributed by atoms with Crippen LogP contribution in [0.25, 0.3) is 0 Å². The molecular formula is C13H14N2O2S2. The summed E-state index contributed by atoms with van der Waals surface area (Å²) < 4.78 is 0.872. The van der Waals surface area contributed by atoms with Crippen LogP contribution >= 0.6 is 23.1 Å². The fourth-order valence-corrected chi connectivity index (χ4v) is 3.65. The monoisotopic (exact) mass is 294 g/mol. The third kappa shape index (κ3) is 2.97.